The van der Waals surface area contributed by atoms with Crippen molar-refractivity contribution in [2.24, 2.45) is 0 Å². The molecule has 1 amide bonds. The van der Waals surface area contributed by atoms with Crippen LogP contribution in [0.25, 0.3) is 0 Å². The van der Waals surface area contributed by atoms with Crippen molar-refractivity contribution < 1.29 is 19.1 Å². The minimum absolute atomic E-state index is 0.270. The molecule has 1 atom stereocenters. The molecule has 25 heavy (non-hydrogen) atoms. The standard InChI is InChI=1S/C20H37NO4/c1-3-5-7-8-9-10-11-12-17-24-19(22)18-14-13-15-21(18)20(23)25-16-6-4-2/h18H,3-17H2,1-2H3/t18-/m0/s1. The predicted molar refractivity (Wildman–Crippen MR) is 99.6 cm³/mol. The highest BCUT2D eigenvalue weighted by atomic mass is 16.6. The van der Waals surface area contributed by atoms with Crippen LogP contribution in [0, 0.1) is 0 Å². The van der Waals surface area contributed by atoms with Crippen molar-refractivity contribution in [3.63, 3.8) is 0 Å². The van der Waals surface area contributed by atoms with E-state index < -0.39 is 6.04 Å². The SMILES string of the molecule is CCCCCCCCCCOC(=O)[C@@H]1CCCN1C(=O)OCCCC. The van der Waals surface area contributed by atoms with Gasteiger partial charge in [-0.25, -0.2) is 9.59 Å². The van der Waals surface area contributed by atoms with Gasteiger partial charge in [0.25, 0.3) is 0 Å². The summed E-state index contributed by atoms with van der Waals surface area (Å²) in [5.41, 5.74) is 0. The van der Waals surface area contributed by atoms with Crippen molar-refractivity contribution in [3.05, 3.63) is 0 Å². The summed E-state index contributed by atoms with van der Waals surface area (Å²) < 4.78 is 10.6. The van der Waals surface area contributed by atoms with E-state index in [1.54, 1.807) is 0 Å². The van der Waals surface area contributed by atoms with Crippen molar-refractivity contribution in [1.29, 1.82) is 0 Å². The zero-order valence-electron chi connectivity index (χ0n) is 16.3. The van der Waals surface area contributed by atoms with E-state index in [4.69, 9.17) is 9.47 Å². The number of unbranched alkanes of at least 4 members (excludes halogenated alkanes) is 8. The average molecular weight is 356 g/mol. The summed E-state index contributed by atoms with van der Waals surface area (Å²) in [4.78, 5) is 25.8. The van der Waals surface area contributed by atoms with Crippen LogP contribution in [0.15, 0.2) is 0 Å². The number of amides is 1. The molecule has 0 spiro atoms. The Morgan fingerprint density at radius 1 is 0.840 bits per heavy atom. The molecule has 1 aliphatic rings. The lowest BCUT2D eigenvalue weighted by atomic mass is 10.1. The quantitative estimate of drug-likeness (QED) is 0.342. The number of rotatable bonds is 13. The van der Waals surface area contributed by atoms with Crippen LogP contribution in [0.2, 0.25) is 0 Å². The van der Waals surface area contributed by atoms with E-state index in [9.17, 15) is 9.59 Å². The van der Waals surface area contributed by atoms with Gasteiger partial charge in [0, 0.05) is 6.54 Å². The lowest BCUT2D eigenvalue weighted by Gasteiger charge is -2.22. The van der Waals surface area contributed by atoms with Gasteiger partial charge in [-0.1, -0.05) is 65.2 Å². The molecule has 146 valence electrons. The molecule has 0 aromatic heterocycles. The fourth-order valence-corrected chi connectivity index (χ4v) is 3.12. The molecule has 0 saturated carbocycles. The fourth-order valence-electron chi connectivity index (χ4n) is 3.12. The predicted octanol–water partition coefficient (Wildman–Crippen LogP) is 5.07. The van der Waals surface area contributed by atoms with Crippen LogP contribution in [0.3, 0.4) is 0 Å². The fraction of sp³-hybridized carbons (Fsp3) is 0.900. The summed E-state index contributed by atoms with van der Waals surface area (Å²) in [5.74, 6) is -0.270. The van der Waals surface area contributed by atoms with Crippen LogP contribution in [0.5, 0.6) is 0 Å². The Bertz CT molecular complexity index is 373. The van der Waals surface area contributed by atoms with Crippen molar-refractivity contribution >= 4 is 12.1 Å². The second-order valence-electron chi connectivity index (χ2n) is 6.96. The smallest absolute Gasteiger partial charge is 0.410 e. The zero-order valence-corrected chi connectivity index (χ0v) is 16.3. The van der Waals surface area contributed by atoms with Gasteiger partial charge >= 0.3 is 12.1 Å². The monoisotopic (exact) mass is 355 g/mol. The highest BCUT2D eigenvalue weighted by Crippen LogP contribution is 2.20. The van der Waals surface area contributed by atoms with Crippen LogP contribution >= 0.6 is 0 Å². The Labute approximate surface area is 153 Å². The molecule has 0 radical (unpaired) electrons. The molecule has 1 fully saturated rings. The number of esters is 1. The summed E-state index contributed by atoms with van der Waals surface area (Å²) in [5, 5.41) is 0. The Morgan fingerprint density at radius 3 is 2.12 bits per heavy atom. The first kappa shape index (κ1) is 21.8. The van der Waals surface area contributed by atoms with Gasteiger partial charge < -0.3 is 9.47 Å². The van der Waals surface area contributed by atoms with Gasteiger partial charge in [0.05, 0.1) is 13.2 Å². The summed E-state index contributed by atoms with van der Waals surface area (Å²) in [6.07, 6.45) is 12.7. The van der Waals surface area contributed by atoms with Gasteiger partial charge in [0.15, 0.2) is 0 Å². The molecule has 0 bridgehead atoms. The van der Waals surface area contributed by atoms with Crippen LogP contribution in [0.4, 0.5) is 4.79 Å². The molecular formula is C20H37NO4. The lowest BCUT2D eigenvalue weighted by molar-refractivity contribution is -0.148. The molecule has 0 N–H and O–H groups in total. The average Bonchev–Trinajstić information content (AvgIpc) is 3.10. The van der Waals surface area contributed by atoms with Gasteiger partial charge in [0.1, 0.15) is 6.04 Å². The molecule has 1 aliphatic heterocycles. The second-order valence-corrected chi connectivity index (χ2v) is 6.96. The number of hydrogen-bond acceptors (Lipinski definition) is 4. The number of carbonyl (C=O) groups is 2. The number of hydrogen-bond donors (Lipinski definition) is 0. The molecule has 0 aliphatic carbocycles. The van der Waals surface area contributed by atoms with Crippen molar-refractivity contribution in [2.75, 3.05) is 19.8 Å². The van der Waals surface area contributed by atoms with Crippen LogP contribution in [-0.2, 0) is 14.3 Å². The number of nitrogens with zero attached hydrogens (tertiary/aromatic N) is 1. The summed E-state index contributed by atoms with van der Waals surface area (Å²) >= 11 is 0. The zero-order chi connectivity index (χ0) is 18.3. The number of carbonyl (C=O) groups excluding carboxylic acids is 2. The highest BCUT2D eigenvalue weighted by molar-refractivity contribution is 5.82. The van der Waals surface area contributed by atoms with Gasteiger partial charge in [-0.05, 0) is 25.7 Å². The molecular weight excluding hydrogens is 318 g/mol. The number of likely N-dealkylation sites (tertiary alicyclic amines) is 1. The second kappa shape index (κ2) is 14.0. The van der Waals surface area contributed by atoms with Crippen LogP contribution in [0.1, 0.15) is 90.9 Å². The van der Waals surface area contributed by atoms with Gasteiger partial charge in [-0.15, -0.1) is 0 Å². The molecule has 0 aromatic carbocycles. The largest absolute Gasteiger partial charge is 0.464 e. The molecule has 5 nitrogen and oxygen atoms in total. The van der Waals surface area contributed by atoms with E-state index in [1.807, 2.05) is 0 Å². The molecule has 1 saturated heterocycles. The third-order valence-corrected chi connectivity index (χ3v) is 4.73. The molecule has 1 heterocycles. The molecule has 0 unspecified atom stereocenters. The topological polar surface area (TPSA) is 55.8 Å². The maximum atomic E-state index is 12.2. The minimum atomic E-state index is -0.455. The van der Waals surface area contributed by atoms with Crippen molar-refractivity contribution in [1.82, 2.24) is 4.90 Å². The summed E-state index contributed by atoms with van der Waals surface area (Å²) in [6.45, 7) is 5.75. The van der Waals surface area contributed by atoms with E-state index in [0.29, 0.717) is 26.2 Å². The molecule has 0 aromatic rings. The Balaban J connectivity index is 2.13. The van der Waals surface area contributed by atoms with Gasteiger partial charge in [0.2, 0.25) is 0 Å². The van der Waals surface area contributed by atoms with E-state index in [-0.39, 0.29) is 12.1 Å². The normalized spacial score (nSPS) is 16.9. The Morgan fingerprint density at radius 2 is 1.44 bits per heavy atom. The van der Waals surface area contributed by atoms with E-state index in [1.165, 1.54) is 43.4 Å². The molecule has 5 heteroatoms. The summed E-state index contributed by atoms with van der Waals surface area (Å²) in [6, 6.07) is -0.455. The third kappa shape index (κ3) is 9.13. The van der Waals surface area contributed by atoms with Crippen molar-refractivity contribution in [2.45, 2.75) is 96.9 Å². The molecule has 1 rings (SSSR count). The first-order valence-corrected chi connectivity index (χ1v) is 10.3. The van der Waals surface area contributed by atoms with E-state index >= 15 is 0 Å². The maximum absolute atomic E-state index is 12.2. The first-order valence-electron chi connectivity index (χ1n) is 10.3. The Hall–Kier alpha value is -1.26. The van der Waals surface area contributed by atoms with Gasteiger partial charge in [-0.3, -0.25) is 4.90 Å². The van der Waals surface area contributed by atoms with Crippen LogP contribution < -0.4 is 0 Å². The first-order chi connectivity index (χ1) is 12.2. The van der Waals surface area contributed by atoms with Gasteiger partial charge in [-0.2, -0.15) is 0 Å². The highest BCUT2D eigenvalue weighted by Gasteiger charge is 2.36. The third-order valence-electron chi connectivity index (χ3n) is 4.73. The Kier molecular flexibility index (Phi) is 12.2. The number of ether oxygens (including phenoxy) is 2. The summed E-state index contributed by atoms with van der Waals surface area (Å²) in [7, 11) is 0. The van der Waals surface area contributed by atoms with E-state index in [0.717, 1.165) is 32.1 Å². The minimum Gasteiger partial charge on any atom is -0.464 e. The maximum Gasteiger partial charge on any atom is 0.410 e. The van der Waals surface area contributed by atoms with Crippen LogP contribution in [-0.4, -0.2) is 42.8 Å². The lowest BCUT2D eigenvalue weighted by Crippen LogP contribution is -2.41. The van der Waals surface area contributed by atoms with E-state index in [2.05, 4.69) is 13.8 Å². The van der Waals surface area contributed by atoms with Crippen molar-refractivity contribution in [3.8, 4) is 0 Å².